The molecule has 0 bridgehead atoms. The molecule has 3 aromatic rings. The number of piperidine rings is 1. The molecule has 1 saturated heterocycles. The Labute approximate surface area is 177 Å². The summed E-state index contributed by atoms with van der Waals surface area (Å²) in [5.41, 5.74) is 1.62. The van der Waals surface area contributed by atoms with Crippen LogP contribution in [-0.2, 0) is 9.53 Å². The van der Waals surface area contributed by atoms with Crippen LogP contribution in [0.25, 0.3) is 16.8 Å². The minimum Gasteiger partial charge on any atom is -0.469 e. The van der Waals surface area contributed by atoms with E-state index in [2.05, 4.69) is 42.7 Å². The minimum absolute atomic E-state index is 0.0321. The lowest BCUT2D eigenvalue weighted by molar-refractivity contribution is -0.149. The lowest BCUT2D eigenvalue weighted by Gasteiger charge is -2.44. The van der Waals surface area contributed by atoms with Gasteiger partial charge in [0, 0.05) is 30.9 Å². The quantitative estimate of drug-likeness (QED) is 0.599. The second kappa shape index (κ2) is 7.87. The maximum atomic E-state index is 12.3. The summed E-state index contributed by atoms with van der Waals surface area (Å²) < 4.78 is 13.0. The standard InChI is InChI=1S/C23H30N4O3/c1-15(26-13-17(22(28)29-5)9-18(14-26)23(2,3)4)20-11-16-10-19(12-24-21(16)30-20)27-8-6-7-25-27/h6-8,10-12,15,17-18H,9,13-14H2,1-5H3/t15-,17+,18+/m0/s1. The molecule has 0 N–H and O–H groups in total. The number of hydrogen-bond donors (Lipinski definition) is 0. The topological polar surface area (TPSA) is 73.4 Å². The van der Waals surface area contributed by atoms with Crippen molar-refractivity contribution < 1.29 is 13.9 Å². The van der Waals surface area contributed by atoms with E-state index in [1.54, 1.807) is 17.1 Å². The van der Waals surface area contributed by atoms with E-state index < -0.39 is 0 Å². The van der Waals surface area contributed by atoms with E-state index in [0.29, 0.717) is 18.2 Å². The summed E-state index contributed by atoms with van der Waals surface area (Å²) in [6.45, 7) is 10.4. The summed E-state index contributed by atoms with van der Waals surface area (Å²) in [6.07, 6.45) is 6.25. The smallest absolute Gasteiger partial charge is 0.309 e. The zero-order valence-corrected chi connectivity index (χ0v) is 18.3. The minimum atomic E-state index is -0.128. The largest absolute Gasteiger partial charge is 0.469 e. The molecule has 7 nitrogen and oxygen atoms in total. The highest BCUT2D eigenvalue weighted by Gasteiger charge is 2.39. The fourth-order valence-corrected chi connectivity index (χ4v) is 4.29. The van der Waals surface area contributed by atoms with E-state index in [1.165, 1.54) is 7.11 Å². The number of likely N-dealkylation sites (tertiary alicyclic amines) is 1. The highest BCUT2D eigenvalue weighted by Crippen LogP contribution is 2.39. The SMILES string of the molecule is COC(=O)[C@@H]1C[C@@H](C(C)(C)C)CN([C@@H](C)c2cc3cc(-n4cccn4)cnc3o2)C1. The van der Waals surface area contributed by atoms with Crippen LogP contribution >= 0.6 is 0 Å². The zero-order chi connectivity index (χ0) is 21.5. The van der Waals surface area contributed by atoms with Crippen molar-refractivity contribution in [3.05, 3.63) is 42.5 Å². The van der Waals surface area contributed by atoms with Crippen molar-refractivity contribution >= 4 is 17.1 Å². The van der Waals surface area contributed by atoms with Gasteiger partial charge < -0.3 is 9.15 Å². The van der Waals surface area contributed by atoms with Gasteiger partial charge in [0.1, 0.15) is 5.76 Å². The van der Waals surface area contributed by atoms with Crippen LogP contribution in [-0.4, -0.2) is 45.8 Å². The Kier molecular flexibility index (Phi) is 5.40. The number of aromatic nitrogens is 3. The number of fused-ring (bicyclic) bond motifs is 1. The molecule has 0 radical (unpaired) electrons. The predicted octanol–water partition coefficient (Wildman–Crippen LogP) is 4.23. The van der Waals surface area contributed by atoms with E-state index in [1.807, 2.05) is 24.4 Å². The molecule has 0 amide bonds. The zero-order valence-electron chi connectivity index (χ0n) is 18.3. The fraction of sp³-hybridized carbons (Fsp3) is 0.522. The van der Waals surface area contributed by atoms with Crippen LogP contribution in [0.5, 0.6) is 0 Å². The van der Waals surface area contributed by atoms with Crippen molar-refractivity contribution in [2.75, 3.05) is 20.2 Å². The van der Waals surface area contributed by atoms with E-state index in [-0.39, 0.29) is 23.3 Å². The summed E-state index contributed by atoms with van der Waals surface area (Å²) in [6, 6.07) is 5.99. The van der Waals surface area contributed by atoms with Gasteiger partial charge in [-0.25, -0.2) is 9.67 Å². The molecule has 4 rings (SSSR count). The van der Waals surface area contributed by atoms with E-state index >= 15 is 0 Å². The molecule has 160 valence electrons. The summed E-state index contributed by atoms with van der Waals surface area (Å²) in [5, 5.41) is 5.21. The summed E-state index contributed by atoms with van der Waals surface area (Å²) in [4.78, 5) is 19.2. The first-order valence-electron chi connectivity index (χ1n) is 10.5. The van der Waals surface area contributed by atoms with Gasteiger partial charge >= 0.3 is 5.97 Å². The maximum Gasteiger partial charge on any atom is 0.309 e. The molecular formula is C23H30N4O3. The number of ether oxygens (including phenoxy) is 1. The Bertz CT molecular complexity index is 1020. The van der Waals surface area contributed by atoms with Gasteiger partial charge in [-0.05, 0) is 42.9 Å². The van der Waals surface area contributed by atoms with E-state index in [4.69, 9.17) is 9.15 Å². The Balaban J connectivity index is 1.61. The van der Waals surface area contributed by atoms with Crippen LogP contribution in [0.1, 0.15) is 45.9 Å². The number of pyridine rings is 1. The number of rotatable bonds is 4. The molecule has 1 fully saturated rings. The van der Waals surface area contributed by atoms with Gasteiger partial charge in [-0.1, -0.05) is 20.8 Å². The predicted molar refractivity (Wildman–Crippen MR) is 114 cm³/mol. The molecule has 3 aromatic heterocycles. The number of furan rings is 1. The van der Waals surface area contributed by atoms with Crippen LogP contribution in [0, 0.1) is 17.3 Å². The Morgan fingerprint density at radius 1 is 1.30 bits per heavy atom. The van der Waals surface area contributed by atoms with Crippen molar-refractivity contribution in [2.45, 2.75) is 40.2 Å². The van der Waals surface area contributed by atoms with Crippen molar-refractivity contribution in [2.24, 2.45) is 17.3 Å². The average Bonchev–Trinajstić information content (AvgIpc) is 3.40. The van der Waals surface area contributed by atoms with E-state index in [9.17, 15) is 4.79 Å². The Hall–Kier alpha value is -2.67. The van der Waals surface area contributed by atoms with Gasteiger partial charge in [0.15, 0.2) is 0 Å². The molecule has 1 aliphatic heterocycles. The monoisotopic (exact) mass is 410 g/mol. The number of nitrogens with zero attached hydrogens (tertiary/aromatic N) is 4. The Morgan fingerprint density at radius 2 is 2.10 bits per heavy atom. The third-order valence-electron chi connectivity index (χ3n) is 6.34. The van der Waals surface area contributed by atoms with Crippen LogP contribution in [0.4, 0.5) is 0 Å². The van der Waals surface area contributed by atoms with Crippen molar-refractivity contribution in [1.82, 2.24) is 19.7 Å². The lowest BCUT2D eigenvalue weighted by atomic mass is 9.73. The van der Waals surface area contributed by atoms with E-state index in [0.717, 1.165) is 29.8 Å². The number of methoxy groups -OCH3 is 1. The van der Waals surface area contributed by atoms with Gasteiger partial charge in [0.2, 0.25) is 5.71 Å². The molecule has 0 spiro atoms. The molecule has 7 heteroatoms. The normalized spacial score (nSPS) is 21.6. The maximum absolute atomic E-state index is 12.3. The number of hydrogen-bond acceptors (Lipinski definition) is 6. The number of carbonyl (C=O) groups is 1. The molecule has 30 heavy (non-hydrogen) atoms. The number of carbonyl (C=O) groups excluding carboxylic acids is 1. The summed E-state index contributed by atoms with van der Waals surface area (Å²) >= 11 is 0. The molecule has 0 saturated carbocycles. The highest BCUT2D eigenvalue weighted by molar-refractivity contribution is 5.76. The highest BCUT2D eigenvalue weighted by atomic mass is 16.5. The second-order valence-electron chi connectivity index (χ2n) is 9.34. The Morgan fingerprint density at radius 3 is 2.77 bits per heavy atom. The van der Waals surface area contributed by atoms with Gasteiger partial charge in [-0.15, -0.1) is 0 Å². The van der Waals surface area contributed by atoms with Crippen molar-refractivity contribution in [1.29, 1.82) is 0 Å². The van der Waals surface area contributed by atoms with Gasteiger partial charge in [0.25, 0.3) is 0 Å². The first-order valence-corrected chi connectivity index (χ1v) is 10.5. The van der Waals surface area contributed by atoms with Crippen LogP contribution in [0.2, 0.25) is 0 Å². The lowest BCUT2D eigenvalue weighted by Crippen LogP contribution is -2.47. The molecule has 0 aliphatic carbocycles. The fourth-order valence-electron chi connectivity index (χ4n) is 4.29. The van der Waals surface area contributed by atoms with Gasteiger partial charge in [-0.3, -0.25) is 9.69 Å². The average molecular weight is 411 g/mol. The molecule has 4 heterocycles. The molecule has 3 atom stereocenters. The van der Waals surface area contributed by atoms with Crippen molar-refractivity contribution in [3.63, 3.8) is 0 Å². The van der Waals surface area contributed by atoms with Crippen molar-refractivity contribution in [3.8, 4) is 5.69 Å². The second-order valence-corrected chi connectivity index (χ2v) is 9.34. The molecule has 0 aromatic carbocycles. The van der Waals surface area contributed by atoms with Crippen LogP contribution < -0.4 is 0 Å². The van der Waals surface area contributed by atoms with Gasteiger partial charge in [-0.2, -0.15) is 5.10 Å². The third-order valence-corrected chi connectivity index (χ3v) is 6.34. The third kappa shape index (κ3) is 3.99. The molecule has 1 aliphatic rings. The van der Waals surface area contributed by atoms with Gasteiger partial charge in [0.05, 0.1) is 31.0 Å². The first-order chi connectivity index (χ1) is 14.3. The molecule has 0 unspecified atom stereocenters. The van der Waals surface area contributed by atoms with Crippen LogP contribution in [0.15, 0.2) is 41.2 Å². The molecular weight excluding hydrogens is 380 g/mol. The first kappa shape index (κ1) is 20.6. The number of esters is 1. The van der Waals surface area contributed by atoms with Crippen LogP contribution in [0.3, 0.4) is 0 Å². The summed E-state index contributed by atoms with van der Waals surface area (Å²) in [5.74, 6) is 1.00. The summed E-state index contributed by atoms with van der Waals surface area (Å²) in [7, 11) is 1.47.